The largest absolute Gasteiger partial charge is 0.286 e. The molecule has 106 valence electrons. The van der Waals surface area contributed by atoms with Crippen molar-refractivity contribution in [2.45, 2.75) is 32.7 Å². The lowest BCUT2D eigenvalue weighted by Crippen LogP contribution is -2.21. The second kappa shape index (κ2) is 5.75. The second-order valence-corrected chi connectivity index (χ2v) is 6.83. The molecule has 0 aromatic heterocycles. The van der Waals surface area contributed by atoms with Crippen LogP contribution in [0.25, 0.3) is 0 Å². The highest BCUT2D eigenvalue weighted by molar-refractivity contribution is 6.31. The topological polar surface area (TPSA) is 12.4 Å². The summed E-state index contributed by atoms with van der Waals surface area (Å²) in [4.78, 5) is 4.78. The molecular weight excluding hydrogens is 289 g/mol. The minimum atomic E-state index is -0.271. The Bertz CT molecular complexity index is 567. The van der Waals surface area contributed by atoms with Gasteiger partial charge in [-0.25, -0.2) is 0 Å². The van der Waals surface area contributed by atoms with Crippen molar-refractivity contribution in [3.05, 3.63) is 58.1 Å². The zero-order chi connectivity index (χ0) is 14.8. The fraction of sp³-hybridized carbons (Fsp3) is 0.353. The minimum Gasteiger partial charge on any atom is -0.286 e. The summed E-state index contributed by atoms with van der Waals surface area (Å²) in [6.45, 7) is 6.36. The lowest BCUT2D eigenvalue weighted by atomic mass is 9.84. The van der Waals surface area contributed by atoms with Crippen molar-refractivity contribution >= 4 is 29.4 Å². The molecule has 1 nitrogen and oxygen atoms in total. The Hall–Kier alpha value is -1.05. The Morgan fingerprint density at radius 2 is 1.85 bits per heavy atom. The van der Waals surface area contributed by atoms with Crippen molar-refractivity contribution in [1.82, 2.24) is 0 Å². The molecule has 2 rings (SSSR count). The van der Waals surface area contributed by atoms with Crippen molar-refractivity contribution in [3.8, 4) is 0 Å². The highest BCUT2D eigenvalue weighted by atomic mass is 35.5. The summed E-state index contributed by atoms with van der Waals surface area (Å²) in [5.74, 6) is 0. The van der Waals surface area contributed by atoms with E-state index >= 15 is 0 Å². The average Bonchev–Trinajstić information content (AvgIpc) is 2.41. The maximum Gasteiger partial charge on any atom is 0.0796 e. The quantitative estimate of drug-likeness (QED) is 0.632. The van der Waals surface area contributed by atoms with Crippen molar-refractivity contribution in [2.75, 3.05) is 0 Å². The molecule has 1 aromatic carbocycles. The van der Waals surface area contributed by atoms with Crippen LogP contribution in [0.2, 0.25) is 5.02 Å². The maximum atomic E-state index is 5.96. The summed E-state index contributed by atoms with van der Waals surface area (Å²) in [6, 6.07) is 7.85. The van der Waals surface area contributed by atoms with Gasteiger partial charge in [0.25, 0.3) is 0 Å². The van der Waals surface area contributed by atoms with E-state index in [1.165, 1.54) is 0 Å². The monoisotopic (exact) mass is 307 g/mol. The molecule has 0 saturated carbocycles. The predicted octanol–water partition coefficient (Wildman–Crippen LogP) is 5.73. The van der Waals surface area contributed by atoms with Crippen molar-refractivity contribution in [2.24, 2.45) is 10.4 Å². The number of nitrogens with zero attached hydrogens (tertiary/aromatic N) is 1. The van der Waals surface area contributed by atoms with Crippen LogP contribution >= 0.6 is 23.2 Å². The fourth-order valence-electron chi connectivity index (χ4n) is 2.06. The third-order valence-electron chi connectivity index (χ3n) is 3.59. The van der Waals surface area contributed by atoms with Crippen LogP contribution in [0.5, 0.6) is 0 Å². The van der Waals surface area contributed by atoms with Gasteiger partial charge in [0.1, 0.15) is 0 Å². The summed E-state index contributed by atoms with van der Waals surface area (Å²) in [6.07, 6.45) is 8.98. The molecule has 0 aliphatic heterocycles. The van der Waals surface area contributed by atoms with Crippen molar-refractivity contribution in [1.29, 1.82) is 0 Å². The molecule has 1 atom stereocenters. The number of aliphatic imine (C=N–C) groups is 1. The van der Waals surface area contributed by atoms with Gasteiger partial charge in [-0.05, 0) is 44.0 Å². The van der Waals surface area contributed by atoms with Crippen LogP contribution in [-0.2, 0) is 5.54 Å². The van der Waals surface area contributed by atoms with Crippen LogP contribution in [0.15, 0.2) is 52.5 Å². The average molecular weight is 308 g/mol. The lowest BCUT2D eigenvalue weighted by molar-refractivity contribution is 0.538. The SMILES string of the molecule is CC1(C=NC(C)(C)c2ccc(Cl)cc2)C=CC(Cl)=CC1. The second-order valence-electron chi connectivity index (χ2n) is 5.96. The van der Waals surface area contributed by atoms with Gasteiger partial charge in [0.2, 0.25) is 0 Å². The molecule has 0 saturated heterocycles. The van der Waals surface area contributed by atoms with E-state index in [1.807, 2.05) is 42.6 Å². The number of rotatable bonds is 3. The Labute approximate surface area is 131 Å². The van der Waals surface area contributed by atoms with E-state index in [4.69, 9.17) is 28.2 Å². The Kier molecular flexibility index (Phi) is 4.41. The Morgan fingerprint density at radius 3 is 2.40 bits per heavy atom. The number of hydrogen-bond acceptors (Lipinski definition) is 1. The maximum absolute atomic E-state index is 5.96. The summed E-state index contributed by atoms with van der Waals surface area (Å²) in [7, 11) is 0. The third kappa shape index (κ3) is 3.74. The van der Waals surface area contributed by atoms with E-state index < -0.39 is 0 Å². The molecule has 0 radical (unpaired) electrons. The van der Waals surface area contributed by atoms with Crippen LogP contribution in [0.4, 0.5) is 0 Å². The predicted molar refractivity (Wildman–Crippen MR) is 88.8 cm³/mol. The lowest BCUT2D eigenvalue weighted by Gasteiger charge is -2.26. The van der Waals surface area contributed by atoms with Gasteiger partial charge in [-0.15, -0.1) is 0 Å². The van der Waals surface area contributed by atoms with E-state index in [2.05, 4.69) is 26.8 Å². The highest BCUT2D eigenvalue weighted by Gasteiger charge is 2.23. The number of halogens is 2. The first-order chi connectivity index (χ1) is 9.31. The minimum absolute atomic E-state index is 0.0674. The zero-order valence-corrected chi connectivity index (χ0v) is 13.5. The van der Waals surface area contributed by atoms with E-state index in [9.17, 15) is 0 Å². The molecule has 0 heterocycles. The first kappa shape index (κ1) is 15.3. The molecule has 3 heteroatoms. The fourth-order valence-corrected chi connectivity index (χ4v) is 2.33. The molecule has 1 aromatic rings. The van der Waals surface area contributed by atoms with Gasteiger partial charge in [0.15, 0.2) is 0 Å². The zero-order valence-electron chi connectivity index (χ0n) is 12.0. The number of allylic oxidation sites excluding steroid dienone is 4. The molecule has 0 spiro atoms. The highest BCUT2D eigenvalue weighted by Crippen LogP contribution is 2.31. The van der Waals surface area contributed by atoms with Gasteiger partial charge in [-0.3, -0.25) is 4.99 Å². The molecule has 0 amide bonds. The van der Waals surface area contributed by atoms with Gasteiger partial charge in [-0.2, -0.15) is 0 Å². The number of hydrogen-bond donors (Lipinski definition) is 0. The van der Waals surface area contributed by atoms with Crippen molar-refractivity contribution < 1.29 is 0 Å². The van der Waals surface area contributed by atoms with Crippen molar-refractivity contribution in [3.63, 3.8) is 0 Å². The molecule has 1 aliphatic carbocycles. The third-order valence-corrected chi connectivity index (χ3v) is 4.13. The Morgan fingerprint density at radius 1 is 1.20 bits per heavy atom. The van der Waals surface area contributed by atoms with Gasteiger partial charge in [0.05, 0.1) is 5.54 Å². The standard InChI is InChI=1S/C17H19Cl2N/c1-16(2,13-4-6-14(18)7-5-13)20-12-17(3)10-8-15(19)9-11-17/h4-10,12H,11H2,1-3H3. The molecule has 0 bridgehead atoms. The van der Waals surface area contributed by atoms with E-state index in [0.29, 0.717) is 0 Å². The molecule has 1 aliphatic rings. The summed E-state index contributed by atoms with van der Waals surface area (Å²) in [5.41, 5.74) is 0.809. The van der Waals surface area contributed by atoms with Crippen LogP contribution < -0.4 is 0 Å². The van der Waals surface area contributed by atoms with E-state index in [1.54, 1.807) is 0 Å². The number of benzene rings is 1. The molecule has 0 N–H and O–H groups in total. The van der Waals surface area contributed by atoms with Gasteiger partial charge >= 0.3 is 0 Å². The Balaban J connectivity index is 2.17. The van der Waals surface area contributed by atoms with Crippen LogP contribution in [0.1, 0.15) is 32.8 Å². The molecule has 1 unspecified atom stereocenters. The van der Waals surface area contributed by atoms with Crippen LogP contribution in [0.3, 0.4) is 0 Å². The summed E-state index contributed by atoms with van der Waals surface area (Å²) < 4.78 is 0. The van der Waals surface area contributed by atoms with Gasteiger partial charge in [0, 0.05) is 21.7 Å². The molecule has 20 heavy (non-hydrogen) atoms. The normalized spacial score (nSPS) is 23.1. The summed E-state index contributed by atoms with van der Waals surface area (Å²) in [5, 5.41) is 1.54. The van der Waals surface area contributed by atoms with Crippen LogP contribution in [0, 0.1) is 5.41 Å². The van der Waals surface area contributed by atoms with Gasteiger partial charge < -0.3 is 0 Å². The first-order valence-corrected chi connectivity index (χ1v) is 7.44. The summed E-state index contributed by atoms with van der Waals surface area (Å²) >= 11 is 11.9. The van der Waals surface area contributed by atoms with Crippen LogP contribution in [-0.4, -0.2) is 6.21 Å². The van der Waals surface area contributed by atoms with E-state index in [0.717, 1.165) is 22.0 Å². The molecule has 0 fully saturated rings. The van der Waals surface area contributed by atoms with E-state index in [-0.39, 0.29) is 11.0 Å². The first-order valence-electron chi connectivity index (χ1n) is 6.68. The molecular formula is C17H19Cl2N. The smallest absolute Gasteiger partial charge is 0.0796 e. The van der Waals surface area contributed by atoms with Gasteiger partial charge in [-0.1, -0.05) is 54.4 Å².